The molecule has 1 unspecified atom stereocenters. The van der Waals surface area contributed by atoms with E-state index in [1.807, 2.05) is 12.1 Å². The Labute approximate surface area is 194 Å². The summed E-state index contributed by atoms with van der Waals surface area (Å²) >= 11 is 0. The van der Waals surface area contributed by atoms with Crippen LogP contribution in [0.5, 0.6) is 5.75 Å². The highest BCUT2D eigenvalue weighted by Gasteiger charge is 2.31. The normalized spacial score (nSPS) is 17.9. The molecule has 32 heavy (non-hydrogen) atoms. The number of ether oxygens (including phenoxy) is 1. The summed E-state index contributed by atoms with van der Waals surface area (Å²) < 4.78 is 5.39. The van der Waals surface area contributed by atoms with Crippen LogP contribution >= 0.6 is 0 Å². The van der Waals surface area contributed by atoms with Gasteiger partial charge in [-0.05, 0) is 72.7 Å². The Bertz CT molecular complexity index is 1130. The third-order valence-corrected chi connectivity index (χ3v) is 6.56. The number of nitrogens with zero attached hydrogens (tertiary/aromatic N) is 1. The van der Waals surface area contributed by atoms with E-state index in [1.165, 1.54) is 51.8 Å². The molecular weight excluding hydrogens is 390 g/mol. The molecule has 0 saturated heterocycles. The Morgan fingerprint density at radius 1 is 1.09 bits per heavy atom. The van der Waals surface area contributed by atoms with Gasteiger partial charge in [0, 0.05) is 13.8 Å². The van der Waals surface area contributed by atoms with E-state index in [9.17, 15) is 0 Å². The monoisotopic (exact) mass is 425 g/mol. The molecule has 2 aromatic carbocycles. The number of allylic oxidation sites excluding steroid dienone is 6. The maximum absolute atomic E-state index is 5.39. The van der Waals surface area contributed by atoms with Crippen molar-refractivity contribution in [3.05, 3.63) is 112 Å². The number of aliphatic imine (C=N–C) groups is 1. The summed E-state index contributed by atoms with van der Waals surface area (Å²) in [5.41, 5.74) is 11.2. The minimum absolute atomic E-state index is 0. The zero-order valence-corrected chi connectivity index (χ0v) is 19.7. The molecule has 1 aliphatic heterocycles. The van der Waals surface area contributed by atoms with Crippen molar-refractivity contribution >= 4 is 5.71 Å². The number of hydrogen-bond donors (Lipinski definition) is 0. The lowest BCUT2D eigenvalue weighted by molar-refractivity contribution is 0.414. The zero-order chi connectivity index (χ0) is 22.7. The van der Waals surface area contributed by atoms with Gasteiger partial charge in [-0.15, -0.1) is 0 Å². The highest BCUT2D eigenvalue weighted by atomic mass is 16.5. The fourth-order valence-corrected chi connectivity index (χ4v) is 4.64. The molecule has 0 spiro atoms. The van der Waals surface area contributed by atoms with E-state index in [1.54, 1.807) is 7.11 Å². The number of benzene rings is 2. The lowest BCUT2D eigenvalue weighted by Gasteiger charge is -2.19. The molecule has 2 aromatic rings. The molecule has 1 atom stereocenters. The van der Waals surface area contributed by atoms with Gasteiger partial charge in [-0.25, -0.2) is 0 Å². The third kappa shape index (κ3) is 4.41. The van der Waals surface area contributed by atoms with E-state index in [0.29, 0.717) is 0 Å². The fraction of sp³-hybridized carbons (Fsp3) is 0.300. The molecule has 2 aliphatic rings. The Hall–Kier alpha value is -3.13. The zero-order valence-electron chi connectivity index (χ0n) is 19.7. The first-order valence-electron chi connectivity index (χ1n) is 11.6. The smallest absolute Gasteiger partial charge is 0.118 e. The van der Waals surface area contributed by atoms with Crippen molar-refractivity contribution < 1.29 is 6.16 Å². The van der Waals surface area contributed by atoms with Gasteiger partial charge in [0.05, 0.1) is 18.5 Å². The van der Waals surface area contributed by atoms with Crippen molar-refractivity contribution in [1.29, 1.82) is 0 Å². The Morgan fingerprint density at radius 2 is 1.81 bits per heavy atom. The topological polar surface area (TPSA) is 21.6 Å². The van der Waals surface area contributed by atoms with E-state index in [-0.39, 0.29) is 7.34 Å². The van der Waals surface area contributed by atoms with Crippen molar-refractivity contribution in [2.24, 2.45) is 4.99 Å². The molecule has 0 N–H and O–H groups in total. The van der Waals surface area contributed by atoms with Gasteiger partial charge in [0.25, 0.3) is 0 Å². The Kier molecular flexibility index (Phi) is 6.60. The van der Waals surface area contributed by atoms with Crippen molar-refractivity contribution in [3.8, 4) is 5.75 Å². The van der Waals surface area contributed by atoms with E-state index >= 15 is 0 Å². The molecule has 2 nitrogen and oxygen atoms in total. The lowest BCUT2D eigenvalue weighted by atomic mass is 9.86. The Balaban J connectivity index is 0.00000306. The van der Waals surface area contributed by atoms with Crippen LogP contribution in [0.25, 0.3) is 0 Å². The predicted octanol–water partition coefficient (Wildman–Crippen LogP) is 8.11. The summed E-state index contributed by atoms with van der Waals surface area (Å²) in [6.45, 7) is 11.0. The van der Waals surface area contributed by atoms with Gasteiger partial charge in [0.1, 0.15) is 5.75 Å². The molecule has 0 radical (unpaired) electrons. The van der Waals surface area contributed by atoms with E-state index in [4.69, 9.17) is 9.73 Å². The second-order valence-corrected chi connectivity index (χ2v) is 8.83. The molecule has 0 fully saturated rings. The van der Waals surface area contributed by atoms with Crippen molar-refractivity contribution in [2.45, 2.75) is 52.4 Å². The van der Waals surface area contributed by atoms with Crippen LogP contribution in [0.4, 0.5) is 0 Å². The molecule has 0 saturated carbocycles. The van der Waals surface area contributed by atoms with Crippen LogP contribution in [0.2, 0.25) is 0 Å². The van der Waals surface area contributed by atoms with Gasteiger partial charge in [0.2, 0.25) is 0 Å². The van der Waals surface area contributed by atoms with Crippen LogP contribution in [-0.2, 0) is 0 Å². The molecule has 1 heterocycles. The molecule has 0 aromatic heterocycles. The van der Waals surface area contributed by atoms with Gasteiger partial charge in [0.15, 0.2) is 0 Å². The number of unbranched alkanes of at least 4 members (excludes halogenated alkanes) is 1. The average molecular weight is 426 g/mol. The summed E-state index contributed by atoms with van der Waals surface area (Å²) in [6, 6.07) is 17.1. The number of methoxy groups -OCH3 is 1. The SMILES string of the molecule is C=C(CCCC)C1=C(C)C(c2ccc(OC)cc2)C(C2=CCC(c3ccc(C)cc3)=N2)=C1.[HH]. The Morgan fingerprint density at radius 3 is 2.47 bits per heavy atom. The van der Waals surface area contributed by atoms with Crippen molar-refractivity contribution in [3.63, 3.8) is 0 Å². The minimum Gasteiger partial charge on any atom is -0.497 e. The van der Waals surface area contributed by atoms with Gasteiger partial charge in [-0.2, -0.15) is 0 Å². The van der Waals surface area contributed by atoms with Gasteiger partial charge in [-0.3, -0.25) is 4.99 Å². The van der Waals surface area contributed by atoms with Crippen LogP contribution in [0.1, 0.15) is 63.6 Å². The minimum atomic E-state index is 0. The highest BCUT2D eigenvalue weighted by Crippen LogP contribution is 2.46. The molecular formula is C30H35NO. The molecule has 166 valence electrons. The maximum atomic E-state index is 5.39. The lowest BCUT2D eigenvalue weighted by Crippen LogP contribution is -2.03. The molecule has 0 amide bonds. The summed E-state index contributed by atoms with van der Waals surface area (Å²) in [4.78, 5) is 5.10. The third-order valence-electron chi connectivity index (χ3n) is 6.56. The van der Waals surface area contributed by atoms with Crippen LogP contribution in [0.3, 0.4) is 0 Å². The quantitative estimate of drug-likeness (QED) is 0.418. The standard InChI is InChI=1S/C30H33NO.H2/c1-6-7-8-21(3)26-19-27(30(22(26)4)24-13-15-25(32-5)16-14-24)29-18-17-28(31-29)23-11-9-20(2)10-12-23;/h9-16,18-19,30H,3,6-8,17H2,1-2,4-5H3;1H. The predicted molar refractivity (Wildman–Crippen MR) is 138 cm³/mol. The van der Waals surface area contributed by atoms with Gasteiger partial charge in [-0.1, -0.05) is 73.5 Å². The maximum Gasteiger partial charge on any atom is 0.118 e. The largest absolute Gasteiger partial charge is 0.497 e. The molecule has 2 heteroatoms. The van der Waals surface area contributed by atoms with Crippen molar-refractivity contribution in [2.75, 3.05) is 7.11 Å². The van der Waals surface area contributed by atoms with E-state index < -0.39 is 0 Å². The van der Waals surface area contributed by atoms with Crippen LogP contribution in [0.15, 0.2) is 100 Å². The number of aryl methyl sites for hydroxylation is 1. The second-order valence-electron chi connectivity index (χ2n) is 8.83. The van der Waals surface area contributed by atoms with Crippen molar-refractivity contribution in [1.82, 2.24) is 0 Å². The van der Waals surface area contributed by atoms with Gasteiger partial charge < -0.3 is 4.74 Å². The second kappa shape index (κ2) is 9.56. The molecule has 4 rings (SSSR count). The number of rotatable bonds is 8. The van der Waals surface area contributed by atoms with Crippen LogP contribution < -0.4 is 4.74 Å². The first-order valence-corrected chi connectivity index (χ1v) is 11.6. The average Bonchev–Trinajstić information content (AvgIpc) is 3.43. The van der Waals surface area contributed by atoms with Crippen LogP contribution in [0, 0.1) is 6.92 Å². The first kappa shape index (κ1) is 22.1. The molecule has 0 bridgehead atoms. The van der Waals surface area contributed by atoms with E-state index in [2.05, 4.69) is 75.9 Å². The van der Waals surface area contributed by atoms with Crippen LogP contribution in [-0.4, -0.2) is 12.8 Å². The highest BCUT2D eigenvalue weighted by molar-refractivity contribution is 6.04. The summed E-state index contributed by atoms with van der Waals surface area (Å²) in [7, 11) is 1.71. The summed E-state index contributed by atoms with van der Waals surface area (Å²) in [6.07, 6.45) is 8.89. The van der Waals surface area contributed by atoms with Gasteiger partial charge >= 0.3 is 0 Å². The summed E-state index contributed by atoms with van der Waals surface area (Å²) in [5.74, 6) is 1.08. The molecule has 1 aliphatic carbocycles. The van der Waals surface area contributed by atoms with E-state index in [0.717, 1.165) is 30.0 Å². The first-order chi connectivity index (χ1) is 15.5. The summed E-state index contributed by atoms with van der Waals surface area (Å²) in [5, 5.41) is 0. The fourth-order valence-electron chi connectivity index (χ4n) is 4.64. The number of hydrogen-bond acceptors (Lipinski definition) is 2.